The Bertz CT molecular complexity index is 1280. The summed E-state index contributed by atoms with van der Waals surface area (Å²) in [5.41, 5.74) is 4.68. The van der Waals surface area contributed by atoms with E-state index in [1.54, 1.807) is 18.3 Å². The van der Waals surface area contributed by atoms with Gasteiger partial charge in [-0.25, -0.2) is 9.78 Å². The van der Waals surface area contributed by atoms with Gasteiger partial charge in [-0.05, 0) is 80.8 Å². The van der Waals surface area contributed by atoms with Crippen LogP contribution in [0, 0.1) is 6.92 Å². The number of nitrogens with zero attached hydrogens (tertiary/aromatic N) is 2. The summed E-state index contributed by atoms with van der Waals surface area (Å²) in [7, 11) is 0. The number of H-pyrrole nitrogens is 1. The van der Waals surface area contributed by atoms with Crippen LogP contribution in [0.5, 0.6) is 0 Å². The van der Waals surface area contributed by atoms with Crippen LogP contribution in [0.1, 0.15) is 38.0 Å². The van der Waals surface area contributed by atoms with Gasteiger partial charge < -0.3 is 9.84 Å². The minimum atomic E-state index is -1.14. The fraction of sp³-hybridized carbons (Fsp3) is 0.240. The van der Waals surface area contributed by atoms with Gasteiger partial charge in [0.05, 0.1) is 22.5 Å². The van der Waals surface area contributed by atoms with Crippen molar-refractivity contribution in [2.45, 2.75) is 39.4 Å². The Balaban J connectivity index is 2.03. The quantitative estimate of drug-likeness (QED) is 0.379. The van der Waals surface area contributed by atoms with Crippen molar-refractivity contribution < 1.29 is 14.6 Å². The molecule has 2 aromatic carbocycles. The molecule has 0 saturated carbocycles. The van der Waals surface area contributed by atoms with Gasteiger partial charge >= 0.3 is 5.97 Å². The van der Waals surface area contributed by atoms with Crippen molar-refractivity contribution in [2.75, 3.05) is 0 Å². The van der Waals surface area contributed by atoms with Crippen molar-refractivity contribution in [3.05, 3.63) is 70.9 Å². The Labute approximate surface area is 191 Å². The largest absolute Gasteiger partial charge is 0.479 e. The molecule has 0 bridgehead atoms. The zero-order chi connectivity index (χ0) is 23.0. The number of ether oxygens (including phenoxy) is 1. The van der Waals surface area contributed by atoms with Gasteiger partial charge in [0.25, 0.3) is 0 Å². The van der Waals surface area contributed by atoms with Crippen LogP contribution in [0.25, 0.3) is 33.4 Å². The second-order valence-electron chi connectivity index (χ2n) is 8.67. The molecule has 2 aromatic heterocycles. The van der Waals surface area contributed by atoms with Crippen molar-refractivity contribution in [1.82, 2.24) is 15.2 Å². The Morgan fingerprint density at radius 2 is 1.84 bits per heavy atom. The van der Waals surface area contributed by atoms with Gasteiger partial charge in [-0.15, -0.1) is 0 Å². The molecule has 1 atom stereocenters. The van der Waals surface area contributed by atoms with Crippen LogP contribution in [0.3, 0.4) is 0 Å². The third kappa shape index (κ3) is 4.38. The number of aliphatic carboxylic acids is 1. The Morgan fingerprint density at radius 1 is 1.12 bits per heavy atom. The monoisotopic (exact) mass is 449 g/mol. The summed E-state index contributed by atoms with van der Waals surface area (Å²) in [6, 6.07) is 15.0. The van der Waals surface area contributed by atoms with E-state index in [0.717, 1.165) is 39.0 Å². The number of carboxylic acid groups (broad SMARTS) is 1. The fourth-order valence-corrected chi connectivity index (χ4v) is 3.95. The second kappa shape index (κ2) is 8.37. The number of carboxylic acids is 1. The van der Waals surface area contributed by atoms with Crippen LogP contribution in [0.4, 0.5) is 0 Å². The van der Waals surface area contributed by atoms with Gasteiger partial charge in [-0.1, -0.05) is 23.7 Å². The van der Waals surface area contributed by atoms with Gasteiger partial charge in [0.1, 0.15) is 0 Å². The van der Waals surface area contributed by atoms with Crippen LogP contribution in [0.15, 0.2) is 54.7 Å². The first-order chi connectivity index (χ1) is 15.1. The molecule has 6 nitrogen and oxygen atoms in total. The zero-order valence-electron chi connectivity index (χ0n) is 18.3. The first-order valence-electron chi connectivity index (χ1n) is 10.2. The smallest absolute Gasteiger partial charge is 0.337 e. The van der Waals surface area contributed by atoms with E-state index in [9.17, 15) is 9.90 Å². The molecule has 164 valence electrons. The minimum absolute atomic E-state index is 0.604. The molecule has 7 heteroatoms. The third-order valence-corrected chi connectivity index (χ3v) is 5.36. The molecular weight excluding hydrogens is 426 g/mol. The average Bonchev–Trinajstić information content (AvgIpc) is 3.26. The highest BCUT2D eigenvalue weighted by Gasteiger charge is 2.31. The van der Waals surface area contributed by atoms with E-state index in [4.69, 9.17) is 21.3 Å². The third-order valence-electron chi connectivity index (χ3n) is 5.11. The number of aryl methyl sites for hydroxylation is 1. The molecule has 0 unspecified atom stereocenters. The van der Waals surface area contributed by atoms with E-state index in [1.165, 1.54) is 0 Å². The number of aromatic amines is 1. The van der Waals surface area contributed by atoms with E-state index in [-0.39, 0.29) is 0 Å². The number of rotatable bonds is 5. The molecule has 2 N–H and O–H groups in total. The number of carbonyl (C=O) groups is 1. The summed E-state index contributed by atoms with van der Waals surface area (Å²) >= 11 is 6.13. The molecule has 0 aliphatic heterocycles. The number of benzene rings is 2. The summed E-state index contributed by atoms with van der Waals surface area (Å²) in [5.74, 6) is -1.04. The van der Waals surface area contributed by atoms with E-state index >= 15 is 0 Å². The van der Waals surface area contributed by atoms with Gasteiger partial charge in [0.2, 0.25) is 0 Å². The lowest BCUT2D eigenvalue weighted by atomic mass is 9.88. The fourth-order valence-electron chi connectivity index (χ4n) is 3.82. The summed E-state index contributed by atoms with van der Waals surface area (Å²) in [4.78, 5) is 17.2. The van der Waals surface area contributed by atoms with Crippen molar-refractivity contribution >= 4 is 28.5 Å². The number of aromatic nitrogens is 3. The first-order valence-corrected chi connectivity index (χ1v) is 10.6. The van der Waals surface area contributed by atoms with Gasteiger partial charge in [-0.2, -0.15) is 5.10 Å². The Hall–Kier alpha value is -3.22. The Kier molecular flexibility index (Phi) is 5.75. The molecule has 0 spiro atoms. The zero-order valence-corrected chi connectivity index (χ0v) is 19.1. The van der Waals surface area contributed by atoms with E-state index in [0.29, 0.717) is 10.6 Å². The van der Waals surface area contributed by atoms with Crippen molar-refractivity contribution in [1.29, 1.82) is 0 Å². The molecule has 0 aliphatic rings. The molecule has 0 radical (unpaired) electrons. The number of nitrogens with one attached hydrogen (secondary N) is 1. The van der Waals surface area contributed by atoms with E-state index < -0.39 is 17.7 Å². The maximum absolute atomic E-state index is 12.3. The predicted octanol–water partition coefficient (Wildman–Crippen LogP) is 6.19. The van der Waals surface area contributed by atoms with Crippen LogP contribution < -0.4 is 0 Å². The Morgan fingerprint density at radius 3 is 2.44 bits per heavy atom. The molecular formula is C25H24ClN3O3. The van der Waals surface area contributed by atoms with Crippen LogP contribution in [-0.4, -0.2) is 31.9 Å². The lowest BCUT2D eigenvalue weighted by Crippen LogP contribution is -2.28. The van der Waals surface area contributed by atoms with Gasteiger partial charge in [0.15, 0.2) is 6.10 Å². The second-order valence-corrected chi connectivity index (χ2v) is 9.11. The lowest BCUT2D eigenvalue weighted by Gasteiger charge is -2.28. The summed E-state index contributed by atoms with van der Waals surface area (Å²) in [5, 5.41) is 18.5. The van der Waals surface area contributed by atoms with Crippen LogP contribution in [0.2, 0.25) is 5.02 Å². The van der Waals surface area contributed by atoms with Gasteiger partial charge in [-0.3, -0.25) is 5.10 Å². The highest BCUT2D eigenvalue weighted by atomic mass is 35.5. The molecule has 32 heavy (non-hydrogen) atoms. The maximum Gasteiger partial charge on any atom is 0.337 e. The van der Waals surface area contributed by atoms with E-state index in [1.807, 2.05) is 64.1 Å². The summed E-state index contributed by atoms with van der Waals surface area (Å²) in [6.07, 6.45) is 0.535. The number of fused-ring (bicyclic) bond motifs is 1. The summed E-state index contributed by atoms with van der Waals surface area (Å²) < 4.78 is 6.02. The van der Waals surface area contributed by atoms with E-state index in [2.05, 4.69) is 10.2 Å². The highest BCUT2D eigenvalue weighted by molar-refractivity contribution is 6.30. The molecule has 0 saturated heterocycles. The highest BCUT2D eigenvalue weighted by Crippen LogP contribution is 2.40. The number of hydrogen-bond acceptors (Lipinski definition) is 4. The maximum atomic E-state index is 12.3. The topological polar surface area (TPSA) is 88.1 Å². The molecule has 2 heterocycles. The first kappa shape index (κ1) is 22.0. The number of halogens is 1. The molecule has 0 aliphatic carbocycles. The van der Waals surface area contributed by atoms with Crippen LogP contribution in [-0.2, 0) is 9.53 Å². The number of pyridine rings is 1. The van der Waals surface area contributed by atoms with Crippen molar-refractivity contribution in [3.8, 4) is 22.5 Å². The lowest BCUT2D eigenvalue weighted by molar-refractivity contribution is -0.160. The minimum Gasteiger partial charge on any atom is -0.479 e. The number of hydrogen-bond donors (Lipinski definition) is 2. The van der Waals surface area contributed by atoms with Gasteiger partial charge in [0, 0.05) is 22.2 Å². The molecule has 4 rings (SSSR count). The molecule has 0 amide bonds. The standard InChI is InChI=1S/C25H24ClN3O3/c1-14-13-20-17(9-10-18(28-20)19-11-12-27-29-19)22(15-5-7-16(26)8-6-15)21(14)23(24(30)31)32-25(2,3)4/h5-13,23H,1-4H3,(H,27,29)(H,30,31)/t23-/m0/s1. The molecule has 4 aromatic rings. The summed E-state index contributed by atoms with van der Waals surface area (Å²) in [6.45, 7) is 7.43. The molecule has 0 fully saturated rings. The normalized spacial score (nSPS) is 12.8. The SMILES string of the molecule is Cc1cc2nc(-c3ccn[nH]3)ccc2c(-c2ccc(Cl)cc2)c1[C@H](OC(C)(C)C)C(=O)O. The van der Waals surface area contributed by atoms with Crippen molar-refractivity contribution in [3.63, 3.8) is 0 Å². The van der Waals surface area contributed by atoms with Crippen LogP contribution >= 0.6 is 11.6 Å². The average molecular weight is 450 g/mol. The predicted molar refractivity (Wildman–Crippen MR) is 126 cm³/mol. The van der Waals surface area contributed by atoms with Crippen molar-refractivity contribution in [2.24, 2.45) is 0 Å².